The number of fused-ring (bicyclic) bond motifs is 1. The molecule has 0 bridgehead atoms. The van der Waals surface area contributed by atoms with Gasteiger partial charge in [-0.25, -0.2) is 14.4 Å². The Balaban J connectivity index is 1.64. The maximum absolute atomic E-state index is 13.7. The minimum atomic E-state index is -0.281. The third-order valence-electron chi connectivity index (χ3n) is 4.61. The molecular weight excluding hydrogens is 321 g/mol. The molecule has 7 heteroatoms. The van der Waals surface area contributed by atoms with Gasteiger partial charge in [-0.1, -0.05) is 19.0 Å². The lowest BCUT2D eigenvalue weighted by Gasteiger charge is -2.32. The van der Waals surface area contributed by atoms with E-state index in [0.717, 1.165) is 48.5 Å². The first kappa shape index (κ1) is 15.9. The van der Waals surface area contributed by atoms with E-state index in [0.29, 0.717) is 5.89 Å². The van der Waals surface area contributed by atoms with E-state index < -0.39 is 0 Å². The molecular formula is C18H20FN5O. The predicted molar refractivity (Wildman–Crippen MR) is 92.1 cm³/mol. The molecule has 4 rings (SSSR count). The molecule has 1 atom stereocenters. The zero-order chi connectivity index (χ0) is 17.4. The number of anilines is 1. The molecule has 0 aliphatic carbocycles. The first-order valence-electron chi connectivity index (χ1n) is 8.60. The second-order valence-electron chi connectivity index (χ2n) is 6.79. The number of nitrogens with zero attached hydrogens (tertiary/aromatic N) is 5. The van der Waals surface area contributed by atoms with Crippen molar-refractivity contribution in [2.75, 3.05) is 18.0 Å². The summed E-state index contributed by atoms with van der Waals surface area (Å²) in [7, 11) is 0. The molecule has 2 aromatic heterocycles. The number of benzene rings is 1. The Labute approximate surface area is 145 Å². The Bertz CT molecular complexity index is 894. The first-order valence-corrected chi connectivity index (χ1v) is 8.60. The van der Waals surface area contributed by atoms with Crippen LogP contribution in [0.15, 0.2) is 29.0 Å². The van der Waals surface area contributed by atoms with Crippen molar-refractivity contribution in [2.24, 2.45) is 0 Å². The van der Waals surface area contributed by atoms with Gasteiger partial charge >= 0.3 is 0 Å². The molecule has 1 saturated heterocycles. The van der Waals surface area contributed by atoms with Gasteiger partial charge in [0.15, 0.2) is 5.82 Å². The fourth-order valence-electron chi connectivity index (χ4n) is 3.30. The van der Waals surface area contributed by atoms with Crippen LogP contribution < -0.4 is 4.90 Å². The highest BCUT2D eigenvalue weighted by molar-refractivity contribution is 5.89. The van der Waals surface area contributed by atoms with Gasteiger partial charge in [0.05, 0.1) is 5.52 Å². The van der Waals surface area contributed by atoms with E-state index in [4.69, 9.17) is 4.52 Å². The van der Waals surface area contributed by atoms with Crippen molar-refractivity contribution in [3.05, 3.63) is 42.1 Å². The highest BCUT2D eigenvalue weighted by atomic mass is 19.1. The van der Waals surface area contributed by atoms with E-state index in [1.54, 1.807) is 6.07 Å². The molecule has 0 saturated carbocycles. The van der Waals surface area contributed by atoms with E-state index in [1.165, 1.54) is 18.5 Å². The summed E-state index contributed by atoms with van der Waals surface area (Å²) in [5.74, 6) is 2.30. The molecule has 130 valence electrons. The van der Waals surface area contributed by atoms with Gasteiger partial charge < -0.3 is 9.42 Å². The molecule has 3 heterocycles. The Hall–Kier alpha value is -2.57. The van der Waals surface area contributed by atoms with Crippen LogP contribution in [0.3, 0.4) is 0 Å². The second-order valence-corrected chi connectivity index (χ2v) is 6.79. The molecule has 0 amide bonds. The Morgan fingerprint density at radius 3 is 2.96 bits per heavy atom. The van der Waals surface area contributed by atoms with Crippen molar-refractivity contribution in [3.63, 3.8) is 0 Å². The van der Waals surface area contributed by atoms with Crippen LogP contribution in [-0.2, 0) is 0 Å². The molecule has 3 aromatic rings. The minimum absolute atomic E-state index is 0.184. The van der Waals surface area contributed by atoms with Crippen molar-refractivity contribution >= 4 is 16.7 Å². The van der Waals surface area contributed by atoms with Crippen molar-refractivity contribution < 1.29 is 8.91 Å². The van der Waals surface area contributed by atoms with Crippen molar-refractivity contribution in [1.29, 1.82) is 0 Å². The number of rotatable bonds is 3. The largest absolute Gasteiger partial charge is 0.355 e. The average Bonchev–Trinajstić information content (AvgIpc) is 3.12. The highest BCUT2D eigenvalue weighted by Gasteiger charge is 2.27. The summed E-state index contributed by atoms with van der Waals surface area (Å²) in [6.07, 6.45) is 3.53. The Kier molecular flexibility index (Phi) is 4.07. The van der Waals surface area contributed by atoms with Crippen LogP contribution in [0.2, 0.25) is 0 Å². The van der Waals surface area contributed by atoms with Crippen LogP contribution >= 0.6 is 0 Å². The lowest BCUT2D eigenvalue weighted by Crippen LogP contribution is -2.35. The summed E-state index contributed by atoms with van der Waals surface area (Å²) in [5.41, 5.74) is 0.746. The minimum Gasteiger partial charge on any atom is -0.355 e. The Morgan fingerprint density at radius 1 is 1.28 bits per heavy atom. The lowest BCUT2D eigenvalue weighted by atomic mass is 9.97. The lowest BCUT2D eigenvalue weighted by molar-refractivity contribution is 0.354. The van der Waals surface area contributed by atoms with E-state index >= 15 is 0 Å². The monoisotopic (exact) mass is 341 g/mol. The van der Waals surface area contributed by atoms with Gasteiger partial charge in [-0.3, -0.25) is 0 Å². The van der Waals surface area contributed by atoms with E-state index in [9.17, 15) is 4.39 Å². The molecule has 1 aliphatic heterocycles. The smallest absolute Gasteiger partial charge is 0.229 e. The van der Waals surface area contributed by atoms with Gasteiger partial charge in [-0.15, -0.1) is 0 Å². The van der Waals surface area contributed by atoms with Crippen LogP contribution in [0.25, 0.3) is 10.9 Å². The molecule has 0 spiro atoms. The highest BCUT2D eigenvalue weighted by Crippen LogP contribution is 2.31. The predicted octanol–water partition coefficient (Wildman–Crippen LogP) is 3.66. The summed E-state index contributed by atoms with van der Waals surface area (Å²) in [5, 5.41) is 4.90. The number of piperidine rings is 1. The first-order chi connectivity index (χ1) is 12.1. The van der Waals surface area contributed by atoms with Gasteiger partial charge in [-0.2, -0.15) is 4.98 Å². The number of aromatic nitrogens is 4. The third-order valence-corrected chi connectivity index (χ3v) is 4.61. The van der Waals surface area contributed by atoms with E-state index in [-0.39, 0.29) is 17.7 Å². The van der Waals surface area contributed by atoms with Crippen LogP contribution in [0.4, 0.5) is 10.2 Å². The SMILES string of the molecule is CC(C)c1nc([C@H]2CCCN(c3ncnc4ccc(F)cc34)C2)no1. The van der Waals surface area contributed by atoms with Crippen molar-refractivity contribution in [3.8, 4) is 0 Å². The number of hydrogen-bond donors (Lipinski definition) is 0. The Morgan fingerprint density at radius 2 is 2.16 bits per heavy atom. The molecule has 25 heavy (non-hydrogen) atoms. The molecule has 0 N–H and O–H groups in total. The van der Waals surface area contributed by atoms with Crippen LogP contribution in [0.5, 0.6) is 0 Å². The van der Waals surface area contributed by atoms with Gasteiger partial charge in [0.2, 0.25) is 5.89 Å². The van der Waals surface area contributed by atoms with Gasteiger partial charge in [0.1, 0.15) is 18.0 Å². The van der Waals surface area contributed by atoms with Crippen LogP contribution in [0.1, 0.15) is 50.2 Å². The molecule has 0 radical (unpaired) electrons. The number of halogens is 1. The molecule has 0 unspecified atom stereocenters. The van der Waals surface area contributed by atoms with Crippen molar-refractivity contribution in [2.45, 2.75) is 38.5 Å². The number of hydrogen-bond acceptors (Lipinski definition) is 6. The van der Waals surface area contributed by atoms with Gasteiger partial charge in [-0.05, 0) is 31.0 Å². The van der Waals surface area contributed by atoms with Gasteiger partial charge in [0.25, 0.3) is 0 Å². The van der Waals surface area contributed by atoms with Crippen LogP contribution in [0, 0.1) is 5.82 Å². The normalized spacial score (nSPS) is 18.2. The topological polar surface area (TPSA) is 67.9 Å². The standard InChI is InChI=1S/C18H20FN5O/c1-11(2)18-22-16(23-25-18)12-4-3-7-24(9-12)17-14-8-13(19)5-6-15(14)20-10-21-17/h5-6,8,10-12H,3-4,7,9H2,1-2H3/t12-/m0/s1. The average molecular weight is 341 g/mol. The molecule has 6 nitrogen and oxygen atoms in total. The summed E-state index contributed by atoms with van der Waals surface area (Å²) in [6, 6.07) is 4.61. The fourth-order valence-corrected chi connectivity index (χ4v) is 3.30. The van der Waals surface area contributed by atoms with Crippen LogP contribution in [-0.4, -0.2) is 33.2 Å². The molecule has 1 aliphatic rings. The second kappa shape index (κ2) is 6.38. The summed E-state index contributed by atoms with van der Waals surface area (Å²) in [6.45, 7) is 5.67. The zero-order valence-electron chi connectivity index (χ0n) is 14.3. The van der Waals surface area contributed by atoms with Crippen molar-refractivity contribution in [1.82, 2.24) is 20.1 Å². The van der Waals surface area contributed by atoms with E-state index in [1.807, 2.05) is 13.8 Å². The zero-order valence-corrected chi connectivity index (χ0v) is 14.3. The summed E-state index contributed by atoms with van der Waals surface area (Å²) >= 11 is 0. The van der Waals surface area contributed by atoms with Gasteiger partial charge in [0, 0.05) is 30.3 Å². The molecule has 1 aromatic carbocycles. The molecule has 1 fully saturated rings. The summed E-state index contributed by atoms with van der Waals surface area (Å²) < 4.78 is 19.0. The summed E-state index contributed by atoms with van der Waals surface area (Å²) in [4.78, 5) is 15.4. The maximum atomic E-state index is 13.7. The quantitative estimate of drug-likeness (QED) is 0.724. The third kappa shape index (κ3) is 3.06. The van der Waals surface area contributed by atoms with E-state index in [2.05, 4.69) is 25.0 Å². The fraction of sp³-hybridized carbons (Fsp3) is 0.444. The maximum Gasteiger partial charge on any atom is 0.229 e.